The number of esters is 1. The average molecular weight is 296 g/mol. The van der Waals surface area contributed by atoms with Crippen LogP contribution in [0.2, 0.25) is 0 Å². The van der Waals surface area contributed by atoms with E-state index in [1.54, 1.807) is 12.1 Å². The highest BCUT2D eigenvalue weighted by molar-refractivity contribution is 5.74. The SMILES string of the molecule is O=C1C[C@@H](c2ccc(O)cc2)[C@@]2(OC[C@@H](O)[C@H](O)C2O)O1. The number of ether oxygens (including phenoxy) is 2. The molecular formula is C14H16O7. The Morgan fingerprint density at radius 3 is 2.48 bits per heavy atom. The number of aliphatic hydroxyl groups excluding tert-OH is 3. The Bertz CT molecular complexity index is 543. The van der Waals surface area contributed by atoms with E-state index in [2.05, 4.69) is 0 Å². The van der Waals surface area contributed by atoms with Crippen LogP contribution in [0, 0.1) is 0 Å². The van der Waals surface area contributed by atoms with Gasteiger partial charge in [-0.3, -0.25) is 4.79 Å². The number of hydrogen-bond donors (Lipinski definition) is 4. The number of benzene rings is 1. The molecule has 4 N–H and O–H groups in total. The molecule has 0 aliphatic carbocycles. The summed E-state index contributed by atoms with van der Waals surface area (Å²) < 4.78 is 10.6. The summed E-state index contributed by atoms with van der Waals surface area (Å²) in [4.78, 5) is 11.7. The van der Waals surface area contributed by atoms with Gasteiger partial charge in [0.05, 0.1) is 18.9 Å². The van der Waals surface area contributed by atoms with Crippen LogP contribution in [0.25, 0.3) is 0 Å². The number of phenolic OH excluding ortho intramolecular Hbond substituents is 1. The van der Waals surface area contributed by atoms with Crippen LogP contribution in [0.3, 0.4) is 0 Å². The van der Waals surface area contributed by atoms with Crippen molar-refractivity contribution in [3.05, 3.63) is 29.8 Å². The molecule has 2 saturated heterocycles. The van der Waals surface area contributed by atoms with E-state index >= 15 is 0 Å². The van der Waals surface area contributed by atoms with Crippen molar-refractivity contribution in [1.82, 2.24) is 0 Å². The van der Waals surface area contributed by atoms with Crippen LogP contribution in [0.5, 0.6) is 5.75 Å². The van der Waals surface area contributed by atoms with Crippen LogP contribution in [-0.4, -0.2) is 57.1 Å². The van der Waals surface area contributed by atoms with Gasteiger partial charge in [-0.2, -0.15) is 0 Å². The number of rotatable bonds is 1. The van der Waals surface area contributed by atoms with Gasteiger partial charge in [-0.05, 0) is 17.7 Å². The molecule has 0 bridgehead atoms. The highest BCUT2D eigenvalue weighted by atomic mass is 16.7. The van der Waals surface area contributed by atoms with Gasteiger partial charge in [-0.1, -0.05) is 12.1 Å². The van der Waals surface area contributed by atoms with Gasteiger partial charge in [0, 0.05) is 0 Å². The van der Waals surface area contributed by atoms with Crippen molar-refractivity contribution in [1.29, 1.82) is 0 Å². The molecule has 7 nitrogen and oxygen atoms in total. The maximum atomic E-state index is 11.7. The van der Waals surface area contributed by atoms with Gasteiger partial charge in [0.25, 0.3) is 0 Å². The first-order valence-corrected chi connectivity index (χ1v) is 6.63. The quantitative estimate of drug-likeness (QED) is 0.503. The Morgan fingerprint density at radius 2 is 1.81 bits per heavy atom. The van der Waals surface area contributed by atoms with Gasteiger partial charge >= 0.3 is 5.97 Å². The number of carbonyl (C=O) groups excluding carboxylic acids is 1. The Hall–Kier alpha value is -1.67. The summed E-state index contributed by atoms with van der Waals surface area (Å²) in [5, 5.41) is 39.0. The lowest BCUT2D eigenvalue weighted by molar-refractivity contribution is -0.320. The Balaban J connectivity index is 1.99. The van der Waals surface area contributed by atoms with Crippen LogP contribution in [-0.2, 0) is 14.3 Å². The normalized spacial score (nSPS) is 39.5. The van der Waals surface area contributed by atoms with E-state index in [9.17, 15) is 25.2 Å². The first-order valence-electron chi connectivity index (χ1n) is 6.63. The van der Waals surface area contributed by atoms with Crippen molar-refractivity contribution in [3.63, 3.8) is 0 Å². The molecule has 7 heteroatoms. The van der Waals surface area contributed by atoms with E-state index in [0.717, 1.165) is 0 Å². The van der Waals surface area contributed by atoms with Gasteiger partial charge in [0.1, 0.15) is 24.1 Å². The fourth-order valence-electron chi connectivity index (χ4n) is 2.90. The lowest BCUT2D eigenvalue weighted by Gasteiger charge is -2.44. The molecule has 1 unspecified atom stereocenters. The first-order chi connectivity index (χ1) is 9.94. The summed E-state index contributed by atoms with van der Waals surface area (Å²) in [6.45, 7) is -0.250. The predicted octanol–water partition coefficient (Wildman–Crippen LogP) is -0.768. The lowest BCUT2D eigenvalue weighted by atomic mass is 9.82. The first kappa shape index (κ1) is 14.3. The third-order valence-corrected chi connectivity index (χ3v) is 4.03. The van der Waals surface area contributed by atoms with Crippen LogP contribution in [0.15, 0.2) is 24.3 Å². The van der Waals surface area contributed by atoms with Crippen LogP contribution in [0.4, 0.5) is 0 Å². The van der Waals surface area contributed by atoms with Gasteiger partial charge in [-0.25, -0.2) is 0 Å². The second kappa shape index (κ2) is 4.96. The second-order valence-corrected chi connectivity index (χ2v) is 5.36. The van der Waals surface area contributed by atoms with E-state index in [4.69, 9.17) is 9.47 Å². The van der Waals surface area contributed by atoms with Gasteiger partial charge in [-0.15, -0.1) is 0 Å². The molecule has 2 fully saturated rings. The van der Waals surface area contributed by atoms with Gasteiger partial charge < -0.3 is 29.9 Å². The summed E-state index contributed by atoms with van der Waals surface area (Å²) >= 11 is 0. The van der Waals surface area contributed by atoms with Crippen molar-refractivity contribution in [3.8, 4) is 5.75 Å². The lowest BCUT2D eigenvalue weighted by Crippen LogP contribution is -2.62. The van der Waals surface area contributed by atoms with Gasteiger partial charge in [0.15, 0.2) is 0 Å². The van der Waals surface area contributed by atoms with E-state index in [0.29, 0.717) is 5.56 Å². The topological polar surface area (TPSA) is 116 Å². The van der Waals surface area contributed by atoms with Crippen molar-refractivity contribution in [2.45, 2.75) is 36.4 Å². The maximum absolute atomic E-state index is 11.7. The number of phenols is 1. The fraction of sp³-hybridized carbons (Fsp3) is 0.500. The number of aromatic hydroxyl groups is 1. The van der Waals surface area contributed by atoms with E-state index in [1.165, 1.54) is 12.1 Å². The summed E-state index contributed by atoms with van der Waals surface area (Å²) in [5.41, 5.74) is 0.626. The Labute approximate surface area is 120 Å². The number of aliphatic hydroxyl groups is 3. The highest BCUT2D eigenvalue weighted by Crippen LogP contribution is 2.47. The summed E-state index contributed by atoms with van der Waals surface area (Å²) in [6, 6.07) is 6.09. The summed E-state index contributed by atoms with van der Waals surface area (Å²) in [6.07, 6.45) is -4.30. The predicted molar refractivity (Wildman–Crippen MR) is 68.3 cm³/mol. The molecule has 1 spiro atoms. The minimum Gasteiger partial charge on any atom is -0.508 e. The highest BCUT2D eigenvalue weighted by Gasteiger charge is 2.61. The van der Waals surface area contributed by atoms with E-state index in [-0.39, 0.29) is 18.8 Å². The molecule has 2 heterocycles. The third-order valence-electron chi connectivity index (χ3n) is 4.03. The number of hydrogen-bond acceptors (Lipinski definition) is 7. The standard InChI is InChI=1S/C14H16O7/c15-8-3-1-7(2-4-8)9-5-11(17)21-14(9)13(19)12(18)10(16)6-20-14/h1-4,9-10,12-13,15-16,18-19H,5-6H2/t9-,10+,12-,13?,14+/m0/s1. The maximum Gasteiger partial charge on any atom is 0.309 e. The second-order valence-electron chi connectivity index (χ2n) is 5.36. The zero-order valence-corrected chi connectivity index (χ0v) is 11.0. The Morgan fingerprint density at radius 1 is 1.14 bits per heavy atom. The largest absolute Gasteiger partial charge is 0.508 e. The minimum atomic E-state index is -1.72. The van der Waals surface area contributed by atoms with Crippen LogP contribution >= 0.6 is 0 Å². The average Bonchev–Trinajstić information content (AvgIpc) is 2.80. The molecule has 21 heavy (non-hydrogen) atoms. The summed E-state index contributed by atoms with van der Waals surface area (Å²) in [5.74, 6) is -2.84. The van der Waals surface area contributed by atoms with E-state index in [1.807, 2.05) is 0 Å². The molecule has 0 saturated carbocycles. The van der Waals surface area contributed by atoms with Crippen molar-refractivity contribution < 1.29 is 34.7 Å². The van der Waals surface area contributed by atoms with Crippen LogP contribution < -0.4 is 0 Å². The van der Waals surface area contributed by atoms with Crippen molar-refractivity contribution in [2.24, 2.45) is 0 Å². The molecule has 1 aromatic carbocycles. The molecule has 0 amide bonds. The third kappa shape index (κ3) is 2.18. The van der Waals surface area contributed by atoms with E-state index < -0.39 is 36.0 Å². The van der Waals surface area contributed by atoms with Crippen LogP contribution in [0.1, 0.15) is 17.9 Å². The molecule has 1 aromatic rings. The zero-order valence-electron chi connectivity index (χ0n) is 11.0. The molecule has 0 radical (unpaired) electrons. The molecule has 3 rings (SSSR count). The number of carbonyl (C=O) groups is 1. The zero-order chi connectivity index (χ0) is 15.2. The summed E-state index contributed by atoms with van der Waals surface area (Å²) in [7, 11) is 0. The molecule has 0 aromatic heterocycles. The Kier molecular flexibility index (Phi) is 3.37. The molecular weight excluding hydrogens is 280 g/mol. The van der Waals surface area contributed by atoms with Gasteiger partial charge in [0.2, 0.25) is 5.79 Å². The van der Waals surface area contributed by atoms with Crippen molar-refractivity contribution in [2.75, 3.05) is 6.61 Å². The van der Waals surface area contributed by atoms with Crippen molar-refractivity contribution >= 4 is 5.97 Å². The fourth-order valence-corrected chi connectivity index (χ4v) is 2.90. The molecule has 2 aliphatic rings. The monoisotopic (exact) mass is 296 g/mol. The minimum absolute atomic E-state index is 0.0232. The molecule has 2 aliphatic heterocycles. The molecule has 114 valence electrons. The molecule has 5 atom stereocenters. The smallest absolute Gasteiger partial charge is 0.309 e.